The van der Waals surface area contributed by atoms with Crippen LogP contribution in [-0.4, -0.2) is 22.5 Å². The van der Waals surface area contributed by atoms with Crippen LogP contribution in [0.25, 0.3) is 0 Å². The van der Waals surface area contributed by atoms with Gasteiger partial charge in [-0.3, -0.25) is 10.1 Å². The summed E-state index contributed by atoms with van der Waals surface area (Å²) in [5, 5.41) is 11.4. The lowest BCUT2D eigenvalue weighted by atomic mass is 9.93. The Balaban J connectivity index is 2.37. The third-order valence-electron chi connectivity index (χ3n) is 3.86. The molecule has 1 aliphatic rings. The predicted molar refractivity (Wildman–Crippen MR) is 87.6 cm³/mol. The first-order valence-corrected chi connectivity index (χ1v) is 8.35. The lowest BCUT2D eigenvalue weighted by Crippen LogP contribution is -2.40. The van der Waals surface area contributed by atoms with Crippen LogP contribution in [0.1, 0.15) is 46.0 Å². The minimum Gasteiger partial charge on any atom is -0.348 e. The highest BCUT2D eigenvalue weighted by Crippen LogP contribution is 2.34. The molecule has 0 aromatic carbocycles. The van der Waals surface area contributed by atoms with Crippen molar-refractivity contribution < 1.29 is 4.92 Å². The molecule has 0 N–H and O–H groups in total. The van der Waals surface area contributed by atoms with Gasteiger partial charge in [-0.1, -0.05) is 33.1 Å². The molecule has 0 amide bonds. The summed E-state index contributed by atoms with van der Waals surface area (Å²) >= 11 is 3.28. The molecule has 1 aliphatic carbocycles. The van der Waals surface area contributed by atoms with Crippen LogP contribution in [0.15, 0.2) is 16.7 Å². The predicted octanol–water partition coefficient (Wildman–Crippen LogP) is 4.55. The van der Waals surface area contributed by atoms with Crippen molar-refractivity contribution in [2.75, 3.05) is 11.4 Å². The van der Waals surface area contributed by atoms with Crippen LogP contribution in [0.2, 0.25) is 0 Å². The van der Waals surface area contributed by atoms with Gasteiger partial charge in [0.25, 0.3) is 0 Å². The van der Waals surface area contributed by atoms with Gasteiger partial charge in [0.2, 0.25) is 5.82 Å². The van der Waals surface area contributed by atoms with Crippen LogP contribution < -0.4 is 4.90 Å². The van der Waals surface area contributed by atoms with Crippen LogP contribution in [-0.2, 0) is 0 Å². The van der Waals surface area contributed by atoms with Crippen molar-refractivity contribution >= 4 is 27.4 Å². The summed E-state index contributed by atoms with van der Waals surface area (Å²) in [6.07, 6.45) is 7.51. The fraction of sp³-hybridized carbons (Fsp3) is 0.667. The Kier molecular flexibility index (Phi) is 5.56. The van der Waals surface area contributed by atoms with Crippen molar-refractivity contribution in [1.29, 1.82) is 0 Å². The van der Waals surface area contributed by atoms with Crippen molar-refractivity contribution in [3.8, 4) is 0 Å². The highest BCUT2D eigenvalue weighted by Gasteiger charge is 2.29. The lowest BCUT2D eigenvalue weighted by molar-refractivity contribution is -0.384. The van der Waals surface area contributed by atoms with E-state index in [2.05, 4.69) is 39.7 Å². The Morgan fingerprint density at radius 1 is 1.43 bits per heavy atom. The molecule has 2 rings (SSSR count). The van der Waals surface area contributed by atoms with Gasteiger partial charge in [0.15, 0.2) is 0 Å². The van der Waals surface area contributed by atoms with Crippen LogP contribution in [0.3, 0.4) is 0 Å². The van der Waals surface area contributed by atoms with E-state index in [1.807, 2.05) is 0 Å². The molecule has 5 nitrogen and oxygen atoms in total. The largest absolute Gasteiger partial charge is 0.348 e. The summed E-state index contributed by atoms with van der Waals surface area (Å²) < 4.78 is 0.645. The van der Waals surface area contributed by atoms with E-state index in [0.29, 0.717) is 22.3 Å². The number of aromatic nitrogens is 1. The normalized spacial score (nSPS) is 16.2. The van der Waals surface area contributed by atoms with Crippen LogP contribution in [0.4, 0.5) is 11.5 Å². The molecule has 1 aromatic heterocycles. The Morgan fingerprint density at radius 2 is 2.10 bits per heavy atom. The molecule has 0 spiro atoms. The van der Waals surface area contributed by atoms with Gasteiger partial charge in [-0.15, -0.1) is 0 Å². The van der Waals surface area contributed by atoms with Gasteiger partial charge >= 0.3 is 5.69 Å². The van der Waals surface area contributed by atoms with Gasteiger partial charge in [0, 0.05) is 29.3 Å². The average molecular weight is 356 g/mol. The fourth-order valence-electron chi connectivity index (χ4n) is 2.97. The molecule has 0 radical (unpaired) electrons. The monoisotopic (exact) mass is 355 g/mol. The standard InChI is InChI=1S/C15H22BrN3O2/c1-11(2)10-18(13-6-4-3-5-7-13)15-14(19(20)21)8-12(16)9-17-15/h8-9,11,13H,3-7,10H2,1-2H3. The molecule has 1 aromatic rings. The topological polar surface area (TPSA) is 59.3 Å². The molecule has 1 heterocycles. The number of hydrogen-bond acceptors (Lipinski definition) is 4. The molecule has 0 aliphatic heterocycles. The zero-order valence-electron chi connectivity index (χ0n) is 12.6. The Morgan fingerprint density at radius 3 is 2.67 bits per heavy atom. The number of pyridine rings is 1. The van der Waals surface area contributed by atoms with E-state index in [-0.39, 0.29) is 10.6 Å². The second-order valence-electron chi connectivity index (χ2n) is 6.09. The maximum absolute atomic E-state index is 11.4. The molecule has 0 unspecified atom stereocenters. The quantitative estimate of drug-likeness (QED) is 0.574. The van der Waals surface area contributed by atoms with Crippen molar-refractivity contribution in [3.63, 3.8) is 0 Å². The molecule has 6 heteroatoms. The van der Waals surface area contributed by atoms with E-state index < -0.39 is 0 Å². The maximum Gasteiger partial charge on any atom is 0.312 e. The first kappa shape index (κ1) is 16.2. The number of nitrogens with zero attached hydrogens (tertiary/aromatic N) is 3. The summed E-state index contributed by atoms with van der Waals surface area (Å²) in [5.41, 5.74) is 0.0931. The first-order chi connectivity index (χ1) is 9.99. The first-order valence-electron chi connectivity index (χ1n) is 7.55. The summed E-state index contributed by atoms with van der Waals surface area (Å²) in [6, 6.07) is 1.92. The van der Waals surface area contributed by atoms with Crippen LogP contribution >= 0.6 is 15.9 Å². The van der Waals surface area contributed by atoms with Crippen molar-refractivity contribution in [2.24, 2.45) is 5.92 Å². The van der Waals surface area contributed by atoms with Crippen molar-refractivity contribution in [2.45, 2.75) is 52.0 Å². The highest BCUT2D eigenvalue weighted by molar-refractivity contribution is 9.10. The minimum absolute atomic E-state index is 0.0931. The summed E-state index contributed by atoms with van der Waals surface area (Å²) in [6.45, 7) is 5.08. The van der Waals surface area contributed by atoms with Crippen LogP contribution in [0.5, 0.6) is 0 Å². The number of halogens is 1. The number of nitro groups is 1. The summed E-state index contributed by atoms with van der Waals surface area (Å²) in [4.78, 5) is 17.6. The Labute approximate surface area is 134 Å². The summed E-state index contributed by atoms with van der Waals surface area (Å²) in [5.74, 6) is 0.959. The number of anilines is 1. The van der Waals surface area contributed by atoms with E-state index in [9.17, 15) is 10.1 Å². The number of rotatable bonds is 5. The maximum atomic E-state index is 11.4. The number of hydrogen-bond donors (Lipinski definition) is 0. The van der Waals surface area contributed by atoms with E-state index in [1.165, 1.54) is 19.3 Å². The fourth-order valence-corrected chi connectivity index (χ4v) is 3.29. The second-order valence-corrected chi connectivity index (χ2v) is 7.01. The Hall–Kier alpha value is -1.17. The molecule has 0 bridgehead atoms. The molecular formula is C15H22BrN3O2. The Bertz CT molecular complexity index is 502. The van der Waals surface area contributed by atoms with Gasteiger partial charge < -0.3 is 4.90 Å². The van der Waals surface area contributed by atoms with Gasteiger partial charge in [0.05, 0.1) is 4.92 Å². The molecule has 0 saturated heterocycles. The molecular weight excluding hydrogens is 334 g/mol. The molecule has 116 valence electrons. The smallest absolute Gasteiger partial charge is 0.312 e. The highest BCUT2D eigenvalue weighted by atomic mass is 79.9. The van der Waals surface area contributed by atoms with E-state index >= 15 is 0 Å². The van der Waals surface area contributed by atoms with E-state index in [0.717, 1.165) is 19.4 Å². The zero-order chi connectivity index (χ0) is 15.4. The van der Waals surface area contributed by atoms with Gasteiger partial charge in [0.1, 0.15) is 0 Å². The van der Waals surface area contributed by atoms with E-state index in [4.69, 9.17) is 0 Å². The average Bonchev–Trinajstić information content (AvgIpc) is 2.45. The third-order valence-corrected chi connectivity index (χ3v) is 4.29. The zero-order valence-corrected chi connectivity index (χ0v) is 14.2. The van der Waals surface area contributed by atoms with Crippen molar-refractivity contribution in [1.82, 2.24) is 4.98 Å². The third kappa shape index (κ3) is 4.15. The van der Waals surface area contributed by atoms with Gasteiger partial charge in [-0.05, 0) is 34.7 Å². The second kappa shape index (κ2) is 7.20. The van der Waals surface area contributed by atoms with Crippen molar-refractivity contribution in [3.05, 3.63) is 26.9 Å². The lowest BCUT2D eigenvalue weighted by Gasteiger charge is -2.36. The van der Waals surface area contributed by atoms with Gasteiger partial charge in [-0.25, -0.2) is 4.98 Å². The molecule has 1 fully saturated rings. The SMILES string of the molecule is CC(C)CN(c1ncc(Br)cc1[N+](=O)[O-])C1CCCCC1. The molecule has 21 heavy (non-hydrogen) atoms. The molecule has 1 saturated carbocycles. The summed E-state index contributed by atoms with van der Waals surface area (Å²) in [7, 11) is 0. The van der Waals surface area contributed by atoms with E-state index in [1.54, 1.807) is 12.3 Å². The molecule has 0 atom stereocenters. The minimum atomic E-state index is -0.330. The van der Waals surface area contributed by atoms with Gasteiger partial charge in [-0.2, -0.15) is 0 Å². The van der Waals surface area contributed by atoms with Crippen LogP contribution in [0, 0.1) is 16.0 Å².